The Hall–Kier alpha value is -5.90. The highest BCUT2D eigenvalue weighted by Crippen LogP contribution is 2.35. The van der Waals surface area contributed by atoms with Gasteiger partial charge in [0.25, 0.3) is 11.1 Å². The second-order valence-electron chi connectivity index (χ2n) is 12.9. The lowest BCUT2D eigenvalue weighted by molar-refractivity contribution is -0.139. The number of rotatable bonds is 11. The highest BCUT2D eigenvalue weighted by molar-refractivity contribution is 7.07. The summed E-state index contributed by atoms with van der Waals surface area (Å²) in [6.45, 7) is 6.05. The van der Waals surface area contributed by atoms with Gasteiger partial charge in [-0.05, 0) is 79.9 Å². The van der Waals surface area contributed by atoms with Gasteiger partial charge in [0.15, 0.2) is 27.5 Å². The van der Waals surface area contributed by atoms with Gasteiger partial charge in [-0.2, -0.15) is 4.98 Å². The van der Waals surface area contributed by atoms with E-state index >= 15 is 0 Å². The summed E-state index contributed by atoms with van der Waals surface area (Å²) in [5.74, 6) is 0.627. The summed E-state index contributed by atoms with van der Waals surface area (Å²) in [6.07, 6.45) is 1.70. The highest BCUT2D eigenvalue weighted by Gasteiger charge is 2.33. The van der Waals surface area contributed by atoms with Crippen LogP contribution in [0.4, 0.5) is 0 Å². The number of halogens is 2. The van der Waals surface area contributed by atoms with E-state index in [9.17, 15) is 19.2 Å². The second-order valence-corrected chi connectivity index (χ2v) is 14.8. The summed E-state index contributed by atoms with van der Waals surface area (Å²) >= 11 is 13.9. The molecule has 0 fully saturated rings. The van der Waals surface area contributed by atoms with Gasteiger partial charge in [-0.1, -0.05) is 58.8 Å². The van der Waals surface area contributed by atoms with Crippen LogP contribution in [-0.2, 0) is 30.2 Å². The summed E-state index contributed by atoms with van der Waals surface area (Å²) in [7, 11) is 4.36. The number of hydrogen-bond donors (Lipinski definition) is 0. The van der Waals surface area contributed by atoms with Crippen molar-refractivity contribution in [2.45, 2.75) is 33.4 Å². The number of esters is 1. The van der Waals surface area contributed by atoms with Crippen LogP contribution in [0.25, 0.3) is 17.2 Å². The van der Waals surface area contributed by atoms with E-state index in [2.05, 4.69) is 9.98 Å². The van der Waals surface area contributed by atoms with Gasteiger partial charge in [0.2, 0.25) is 0 Å². The minimum Gasteiger partial charge on any atom is -0.494 e. The molecule has 3 aromatic heterocycles. The van der Waals surface area contributed by atoms with E-state index in [-0.39, 0.29) is 53.0 Å². The quantitative estimate of drug-likeness (QED) is 0.163. The van der Waals surface area contributed by atoms with Crippen molar-refractivity contribution in [1.29, 1.82) is 0 Å². The molecule has 3 aromatic carbocycles. The smallest absolute Gasteiger partial charge is 0.338 e. The first kappa shape index (κ1) is 39.3. The molecule has 0 radical (unpaired) electrons. The van der Waals surface area contributed by atoms with Crippen LogP contribution in [0, 0.1) is 0 Å². The summed E-state index contributed by atoms with van der Waals surface area (Å²) in [5.41, 5.74) is 1.38. The lowest BCUT2D eigenvalue weighted by Gasteiger charge is -2.24. The largest absolute Gasteiger partial charge is 0.494 e. The Bertz CT molecular complexity index is 2930. The Kier molecular flexibility index (Phi) is 11.0. The molecule has 57 heavy (non-hydrogen) atoms. The fourth-order valence-electron chi connectivity index (χ4n) is 6.60. The molecule has 1 unspecified atom stereocenters. The average Bonchev–Trinajstić information content (AvgIpc) is 3.70. The average molecular weight is 832 g/mol. The molecule has 6 aromatic rings. The predicted molar refractivity (Wildman–Crippen MR) is 217 cm³/mol. The van der Waals surface area contributed by atoms with Gasteiger partial charge < -0.3 is 18.9 Å². The third-order valence-electron chi connectivity index (χ3n) is 9.37. The zero-order valence-electron chi connectivity index (χ0n) is 31.7. The number of ether oxygens (including phenoxy) is 4. The number of allylic oxidation sites excluding steroid dienone is 1. The van der Waals surface area contributed by atoms with E-state index < -0.39 is 23.3 Å². The van der Waals surface area contributed by atoms with E-state index in [0.717, 1.165) is 4.57 Å². The van der Waals surface area contributed by atoms with Gasteiger partial charge in [0.05, 0.1) is 48.7 Å². The Morgan fingerprint density at radius 3 is 2.37 bits per heavy atom. The van der Waals surface area contributed by atoms with Crippen molar-refractivity contribution in [3.8, 4) is 23.3 Å². The van der Waals surface area contributed by atoms with Gasteiger partial charge in [-0.25, -0.2) is 14.6 Å². The summed E-state index contributed by atoms with van der Waals surface area (Å²) < 4.78 is 28.8. The van der Waals surface area contributed by atoms with Gasteiger partial charge in [0, 0.05) is 24.1 Å². The van der Waals surface area contributed by atoms with Crippen LogP contribution in [0.3, 0.4) is 0 Å². The second kappa shape index (κ2) is 15.9. The van der Waals surface area contributed by atoms with Gasteiger partial charge in [-0.15, -0.1) is 0 Å². The van der Waals surface area contributed by atoms with Crippen LogP contribution in [-0.4, -0.2) is 49.5 Å². The lowest BCUT2D eigenvalue weighted by atomic mass is 9.96. The molecule has 0 aliphatic carbocycles. The summed E-state index contributed by atoms with van der Waals surface area (Å²) in [5, 5.41) is 0.804. The van der Waals surface area contributed by atoms with Crippen LogP contribution < -0.4 is 40.4 Å². The maximum Gasteiger partial charge on any atom is 0.338 e. The Morgan fingerprint density at radius 2 is 1.68 bits per heavy atom. The molecule has 1 aliphatic rings. The maximum atomic E-state index is 14.2. The lowest BCUT2D eigenvalue weighted by Crippen LogP contribution is -2.39. The van der Waals surface area contributed by atoms with Crippen molar-refractivity contribution in [3.05, 3.63) is 139 Å². The molecule has 0 saturated heterocycles. The molecular formula is C40H36Cl2N6O8S. The van der Waals surface area contributed by atoms with Gasteiger partial charge >= 0.3 is 17.7 Å². The van der Waals surface area contributed by atoms with E-state index in [1.807, 2.05) is 19.1 Å². The molecule has 14 nitrogen and oxygen atoms in total. The van der Waals surface area contributed by atoms with Crippen molar-refractivity contribution >= 4 is 57.7 Å². The number of methoxy groups -OCH3 is 1. The molecule has 0 spiro atoms. The fourth-order valence-corrected chi connectivity index (χ4v) is 8.11. The van der Waals surface area contributed by atoms with Crippen LogP contribution in [0.2, 0.25) is 10.0 Å². The first-order valence-corrected chi connectivity index (χ1v) is 19.3. The zero-order valence-corrected chi connectivity index (χ0v) is 34.0. The maximum absolute atomic E-state index is 14.2. The third kappa shape index (κ3) is 7.29. The molecule has 1 atom stereocenters. The topological polar surface area (TPSA) is 150 Å². The first-order valence-electron chi connectivity index (χ1n) is 17.7. The van der Waals surface area contributed by atoms with Crippen molar-refractivity contribution < 1.29 is 23.7 Å². The Balaban J connectivity index is 1.30. The van der Waals surface area contributed by atoms with Crippen LogP contribution in [0.15, 0.2) is 91.3 Å². The molecule has 0 bridgehead atoms. The first-order chi connectivity index (χ1) is 27.3. The molecule has 17 heteroatoms. The number of aryl methyl sites for hydroxylation is 1. The number of carbonyl (C=O) groups is 1. The molecule has 1 aliphatic heterocycles. The van der Waals surface area contributed by atoms with Crippen molar-refractivity contribution in [2.75, 3.05) is 20.3 Å². The van der Waals surface area contributed by atoms with Crippen molar-refractivity contribution in [1.82, 2.24) is 23.3 Å². The summed E-state index contributed by atoms with van der Waals surface area (Å²) in [6, 6.07) is 16.5. The number of aromatic nitrogens is 5. The minimum atomic E-state index is -0.790. The number of thiazole rings is 1. The van der Waals surface area contributed by atoms with Crippen LogP contribution >= 0.6 is 34.5 Å². The summed E-state index contributed by atoms with van der Waals surface area (Å²) in [4.78, 5) is 63.5. The Labute approximate surface area is 338 Å². The minimum absolute atomic E-state index is 0.00395. The molecule has 294 valence electrons. The molecule has 0 saturated carbocycles. The predicted octanol–water partition coefficient (Wildman–Crippen LogP) is 5.10. The molecule has 7 rings (SSSR count). The number of benzene rings is 3. The number of imidazole rings is 1. The van der Waals surface area contributed by atoms with E-state index in [0.29, 0.717) is 54.1 Å². The van der Waals surface area contributed by atoms with E-state index in [1.54, 1.807) is 68.5 Å². The van der Waals surface area contributed by atoms with Crippen LogP contribution in [0.5, 0.6) is 23.3 Å². The fraction of sp³-hybridized carbons (Fsp3) is 0.250. The molecule has 4 heterocycles. The monoisotopic (exact) mass is 830 g/mol. The number of fused-ring (bicyclic) bond motifs is 2. The van der Waals surface area contributed by atoms with E-state index in [1.165, 1.54) is 46.2 Å². The van der Waals surface area contributed by atoms with Gasteiger partial charge in [0.1, 0.15) is 5.75 Å². The molecule has 0 amide bonds. The standard InChI is InChI=1S/C40H36Cl2N6O8S/c1-7-54-26-14-11-23(12-15-26)32-31(37(51)55-8-2)21(3)43-39-48(32)35(49)30(57-39)18-22-9-16-28(29(17-22)53-6)56-38-44-34-33(36(50)46(5)40(52)45(34)4)47(38)20-24-10-13-25(41)19-27(24)42/h9-19,32H,7-8,20H2,1-6H3. The normalized spacial score (nSPS) is 14.1. The molecular weight excluding hydrogens is 795 g/mol. The third-order valence-corrected chi connectivity index (χ3v) is 10.9. The zero-order chi connectivity index (χ0) is 40.7. The highest BCUT2D eigenvalue weighted by atomic mass is 35.5. The Morgan fingerprint density at radius 1 is 0.930 bits per heavy atom. The van der Waals surface area contributed by atoms with Crippen molar-refractivity contribution in [3.63, 3.8) is 0 Å². The number of carbonyl (C=O) groups excluding carboxylic acids is 1. The van der Waals surface area contributed by atoms with E-state index in [4.69, 9.17) is 42.1 Å². The number of nitrogens with zero attached hydrogens (tertiary/aromatic N) is 6. The number of hydrogen-bond acceptors (Lipinski definition) is 11. The SMILES string of the molecule is CCOC(=O)C1=C(C)N=c2sc(=Cc3ccc(Oc4nc5c(c(=O)n(C)c(=O)n5C)n4Cc4ccc(Cl)cc4Cl)c(OC)c3)c(=O)n2C1c1ccc(OCC)cc1. The van der Waals surface area contributed by atoms with Gasteiger partial charge in [-0.3, -0.25) is 27.9 Å². The van der Waals surface area contributed by atoms with Crippen molar-refractivity contribution in [2.24, 2.45) is 19.1 Å². The van der Waals surface area contributed by atoms with Crippen LogP contribution in [0.1, 0.15) is 43.5 Å². The molecule has 0 N–H and O–H groups in total.